The first-order valence-corrected chi connectivity index (χ1v) is 6.93. The molecule has 0 atom stereocenters. The van der Waals surface area contributed by atoms with Crippen LogP contribution in [0, 0.1) is 27.9 Å². The molecule has 0 spiro atoms. The Morgan fingerprint density at radius 1 is 1.21 bits per heavy atom. The Morgan fingerprint density at radius 2 is 1.74 bits per heavy atom. The lowest BCUT2D eigenvalue weighted by Gasteiger charge is -2.54. The number of aromatic nitrogens is 3. The van der Waals surface area contributed by atoms with Gasteiger partial charge in [-0.2, -0.15) is 0 Å². The van der Waals surface area contributed by atoms with Crippen LogP contribution in [0.2, 0.25) is 0 Å². The SMILES string of the molecule is Nc1nc([N+](=O)[O-])n(C23CC4CC(CC(C4)C2)C3)n1. The van der Waals surface area contributed by atoms with Gasteiger partial charge < -0.3 is 15.8 Å². The van der Waals surface area contributed by atoms with Crippen LogP contribution >= 0.6 is 0 Å². The van der Waals surface area contributed by atoms with Gasteiger partial charge in [0.25, 0.3) is 0 Å². The molecule has 4 bridgehead atoms. The van der Waals surface area contributed by atoms with Crippen LogP contribution in [0.5, 0.6) is 0 Å². The van der Waals surface area contributed by atoms with Crippen LogP contribution < -0.4 is 5.73 Å². The molecule has 5 rings (SSSR count). The van der Waals surface area contributed by atoms with Crippen molar-refractivity contribution in [3.8, 4) is 0 Å². The van der Waals surface area contributed by atoms with Crippen molar-refractivity contribution in [1.29, 1.82) is 0 Å². The maximum atomic E-state index is 11.2. The number of nitro groups is 1. The van der Waals surface area contributed by atoms with Crippen molar-refractivity contribution >= 4 is 11.9 Å². The molecule has 1 aromatic rings. The van der Waals surface area contributed by atoms with Gasteiger partial charge in [-0.25, -0.2) is 0 Å². The van der Waals surface area contributed by atoms with Crippen molar-refractivity contribution in [2.24, 2.45) is 17.8 Å². The lowest BCUT2D eigenvalue weighted by atomic mass is 9.53. The summed E-state index contributed by atoms with van der Waals surface area (Å²) in [5.41, 5.74) is 5.40. The van der Waals surface area contributed by atoms with Gasteiger partial charge in [-0.1, -0.05) is 5.10 Å². The molecular weight excluding hydrogens is 246 g/mol. The minimum absolute atomic E-state index is 0.0162. The molecule has 0 aromatic carbocycles. The molecule has 7 nitrogen and oxygen atoms in total. The Morgan fingerprint density at radius 3 is 2.21 bits per heavy atom. The highest BCUT2D eigenvalue weighted by atomic mass is 16.6. The van der Waals surface area contributed by atoms with E-state index in [-0.39, 0.29) is 17.4 Å². The third kappa shape index (κ3) is 1.50. The first-order valence-electron chi connectivity index (χ1n) is 6.93. The van der Waals surface area contributed by atoms with Gasteiger partial charge in [-0.15, -0.1) is 4.68 Å². The Kier molecular flexibility index (Phi) is 2.04. The molecule has 4 saturated carbocycles. The van der Waals surface area contributed by atoms with Gasteiger partial charge >= 0.3 is 11.9 Å². The second kappa shape index (κ2) is 3.46. The second-order valence-electron chi connectivity index (χ2n) is 6.58. The van der Waals surface area contributed by atoms with Crippen LogP contribution in [0.3, 0.4) is 0 Å². The van der Waals surface area contributed by atoms with Crippen LogP contribution in [0.15, 0.2) is 0 Å². The largest absolute Gasteiger partial charge is 0.458 e. The van der Waals surface area contributed by atoms with Gasteiger partial charge in [0, 0.05) is 0 Å². The molecule has 0 aliphatic heterocycles. The van der Waals surface area contributed by atoms with E-state index in [1.54, 1.807) is 4.68 Å². The van der Waals surface area contributed by atoms with Crippen molar-refractivity contribution in [3.05, 3.63) is 10.1 Å². The van der Waals surface area contributed by atoms with Gasteiger partial charge in [0.05, 0.1) is 0 Å². The molecule has 1 aromatic heterocycles. The zero-order chi connectivity index (χ0) is 13.2. The second-order valence-corrected chi connectivity index (χ2v) is 6.58. The van der Waals surface area contributed by atoms with E-state index in [2.05, 4.69) is 10.1 Å². The fourth-order valence-electron chi connectivity index (χ4n) is 5.08. The summed E-state index contributed by atoms with van der Waals surface area (Å²) in [4.78, 5) is 14.5. The normalized spacial score (nSPS) is 39.7. The van der Waals surface area contributed by atoms with Crippen LogP contribution in [0.25, 0.3) is 0 Å². The van der Waals surface area contributed by atoms with Crippen molar-refractivity contribution in [2.75, 3.05) is 5.73 Å². The van der Waals surface area contributed by atoms with Crippen LogP contribution in [0.1, 0.15) is 38.5 Å². The summed E-state index contributed by atoms with van der Waals surface area (Å²) in [5.74, 6) is 1.95. The zero-order valence-corrected chi connectivity index (χ0v) is 10.7. The summed E-state index contributed by atoms with van der Waals surface area (Å²) in [7, 11) is 0. The molecule has 4 aliphatic carbocycles. The van der Waals surface area contributed by atoms with Crippen molar-refractivity contribution < 1.29 is 4.92 Å². The molecule has 7 heteroatoms. The summed E-state index contributed by atoms with van der Waals surface area (Å²) in [6, 6.07) is 0. The highest BCUT2D eigenvalue weighted by molar-refractivity contribution is 5.24. The zero-order valence-electron chi connectivity index (χ0n) is 10.7. The van der Waals surface area contributed by atoms with Gasteiger partial charge in [0.15, 0.2) is 0 Å². The summed E-state index contributed by atoms with van der Waals surface area (Å²) in [6.07, 6.45) is 6.87. The molecular formula is C12H17N5O2. The van der Waals surface area contributed by atoms with Crippen molar-refractivity contribution in [1.82, 2.24) is 14.8 Å². The topological polar surface area (TPSA) is 99.9 Å². The number of hydrogen-bond donors (Lipinski definition) is 1. The summed E-state index contributed by atoms with van der Waals surface area (Å²) in [6.45, 7) is 0. The van der Waals surface area contributed by atoms with Crippen molar-refractivity contribution in [3.63, 3.8) is 0 Å². The summed E-state index contributed by atoms with van der Waals surface area (Å²) in [5, 5.41) is 15.3. The predicted octanol–water partition coefficient (Wildman–Crippen LogP) is 1.69. The Balaban J connectivity index is 1.81. The van der Waals surface area contributed by atoms with E-state index in [1.165, 1.54) is 19.3 Å². The van der Waals surface area contributed by atoms with Crippen LogP contribution in [0.4, 0.5) is 11.9 Å². The number of rotatable bonds is 2. The first kappa shape index (κ1) is 11.2. The van der Waals surface area contributed by atoms with Crippen LogP contribution in [-0.2, 0) is 5.54 Å². The molecule has 0 radical (unpaired) electrons. The van der Waals surface area contributed by atoms with E-state index in [0.29, 0.717) is 17.8 Å². The van der Waals surface area contributed by atoms with E-state index < -0.39 is 4.92 Å². The fraction of sp³-hybridized carbons (Fsp3) is 0.833. The third-order valence-corrected chi connectivity index (χ3v) is 5.22. The highest BCUT2D eigenvalue weighted by Crippen LogP contribution is 2.59. The lowest BCUT2D eigenvalue weighted by Crippen LogP contribution is -2.52. The number of nitrogens with two attached hydrogens (primary N) is 1. The molecule has 1 heterocycles. The van der Waals surface area contributed by atoms with E-state index in [4.69, 9.17) is 5.73 Å². The number of anilines is 1. The maximum Gasteiger partial charge on any atom is 0.458 e. The standard InChI is InChI=1S/C12H17N5O2/c13-10-14-11(17(18)19)16(15-10)12-4-7-1-8(5-12)3-9(2-7)6-12/h7-9H,1-6H2,(H2,13,15). The molecule has 0 amide bonds. The molecule has 4 fully saturated rings. The third-order valence-electron chi connectivity index (χ3n) is 5.22. The van der Waals surface area contributed by atoms with Crippen molar-refractivity contribution in [2.45, 2.75) is 44.1 Å². The average molecular weight is 263 g/mol. The summed E-state index contributed by atoms with van der Waals surface area (Å²) >= 11 is 0. The Labute approximate surface area is 110 Å². The maximum absolute atomic E-state index is 11.2. The van der Waals surface area contributed by atoms with E-state index in [9.17, 15) is 10.1 Å². The number of nitrogen functional groups attached to an aromatic ring is 1. The van der Waals surface area contributed by atoms with Gasteiger partial charge in [-0.05, 0) is 66.2 Å². The fourth-order valence-corrected chi connectivity index (χ4v) is 5.08. The molecule has 0 saturated heterocycles. The number of nitrogens with zero attached hydrogens (tertiary/aromatic N) is 4. The Bertz CT molecular complexity index is 517. The molecule has 102 valence electrons. The van der Waals surface area contributed by atoms with E-state index >= 15 is 0 Å². The molecule has 4 aliphatic rings. The monoisotopic (exact) mass is 263 g/mol. The van der Waals surface area contributed by atoms with Gasteiger partial charge in [0.1, 0.15) is 5.54 Å². The van der Waals surface area contributed by atoms with E-state index in [1.807, 2.05) is 0 Å². The molecule has 0 unspecified atom stereocenters. The molecule has 2 N–H and O–H groups in total. The predicted molar refractivity (Wildman–Crippen MR) is 67.2 cm³/mol. The van der Waals surface area contributed by atoms with Gasteiger partial charge in [-0.3, -0.25) is 0 Å². The van der Waals surface area contributed by atoms with Gasteiger partial charge in [0.2, 0.25) is 0 Å². The van der Waals surface area contributed by atoms with E-state index in [0.717, 1.165) is 19.3 Å². The van der Waals surface area contributed by atoms with Crippen LogP contribution in [-0.4, -0.2) is 19.7 Å². The smallest absolute Gasteiger partial charge is 0.390 e. The quantitative estimate of drug-likeness (QED) is 0.646. The molecule has 19 heavy (non-hydrogen) atoms. The highest BCUT2D eigenvalue weighted by Gasteiger charge is 2.56. The first-order chi connectivity index (χ1) is 9.06. The average Bonchev–Trinajstić information content (AvgIpc) is 2.70. The Hall–Kier alpha value is -1.66. The minimum atomic E-state index is -0.456. The summed E-state index contributed by atoms with van der Waals surface area (Å²) < 4.78 is 1.55. The lowest BCUT2D eigenvalue weighted by molar-refractivity contribution is -0.399. The minimum Gasteiger partial charge on any atom is -0.390 e. The number of hydrogen-bond acceptors (Lipinski definition) is 5.